The van der Waals surface area contributed by atoms with Crippen LogP contribution in [-0.2, 0) is 19.1 Å². The number of nitrogens with one attached hydrogen (secondary N) is 6. The number of ether oxygens (including phenoxy) is 7. The summed E-state index contributed by atoms with van der Waals surface area (Å²) in [5.74, 6) is 4.36. The minimum Gasteiger partial charge on any atom is -0.490 e. The Balaban J connectivity index is 0.000000197. The molecule has 0 spiro atoms. The van der Waals surface area contributed by atoms with Crippen molar-refractivity contribution in [3.05, 3.63) is 107 Å². The molecule has 0 amide bonds. The Bertz CT molecular complexity index is 3450. The van der Waals surface area contributed by atoms with Gasteiger partial charge >= 0.3 is 0 Å². The zero-order chi connectivity index (χ0) is 87.3. The van der Waals surface area contributed by atoms with Crippen molar-refractivity contribution in [1.29, 1.82) is 0 Å². The molecule has 6 saturated carbocycles. The highest BCUT2D eigenvalue weighted by Crippen LogP contribution is 2.35. The van der Waals surface area contributed by atoms with E-state index < -0.39 is 5.82 Å². The molecule has 0 atom stereocenters. The summed E-state index contributed by atoms with van der Waals surface area (Å²) in [6, 6.07) is 25.1. The van der Waals surface area contributed by atoms with Crippen LogP contribution in [0.1, 0.15) is 303 Å². The Labute approximate surface area is 718 Å². The average molecular weight is 1670 g/mol. The Morgan fingerprint density at radius 3 is 1.00 bits per heavy atom. The van der Waals surface area contributed by atoms with Crippen LogP contribution < -0.4 is 55.6 Å². The van der Waals surface area contributed by atoms with Crippen LogP contribution in [0, 0.1) is 35.2 Å². The van der Waals surface area contributed by atoms with Gasteiger partial charge in [-0.05, 0) is 173 Å². The lowest BCUT2D eigenvalue weighted by Crippen LogP contribution is -2.50. The Morgan fingerprint density at radius 1 is 0.361 bits per heavy atom. The van der Waals surface area contributed by atoms with E-state index >= 15 is 0 Å². The summed E-state index contributed by atoms with van der Waals surface area (Å²) in [4.78, 5) is 32.5. The average Bonchev–Trinajstić information content (AvgIpc) is 0.898. The van der Waals surface area contributed by atoms with Crippen LogP contribution in [0.5, 0.6) is 28.9 Å². The fourth-order valence-corrected chi connectivity index (χ4v) is 16.1. The third-order valence-electron chi connectivity index (χ3n) is 23.1. The van der Waals surface area contributed by atoms with Crippen LogP contribution in [0.2, 0.25) is 0 Å². The van der Waals surface area contributed by atoms with E-state index in [0.717, 1.165) is 113 Å². The van der Waals surface area contributed by atoms with Crippen LogP contribution in [0.15, 0.2) is 72.9 Å². The number of benzene rings is 3. The van der Waals surface area contributed by atoms with Gasteiger partial charge in [0.1, 0.15) is 77.3 Å². The molecule has 2 saturated heterocycles. The summed E-state index contributed by atoms with van der Waals surface area (Å²) in [5.41, 5.74) is 3.27. The smallest absolute Gasteiger partial charge is 0.213 e. The highest BCUT2D eigenvalue weighted by atomic mass is 19.1. The summed E-state index contributed by atoms with van der Waals surface area (Å²) in [7, 11) is 0. The standard InChI is InChI=1S/C18H26FNO3.C17H32N2O2.2C16H24FNO.C16H32N2O.C15H24N2O/c1-11(2)18(21)10-22-15-5-13(19)6-16(9-15)23-17-7-14(8-17)20-12(3)4;1-12(2)17(20)11-19-7-5-15(6-8-19)21-16-9-14(10-16)18-13(3)4;2*1-10(2)12-5-13(17)7-15(6-12)19-16-8-14(9-16)18-11(3)4;1-12(2)11-18-7-5-15(6-8-18)19-16-9-14(10-16)17-13(3)4;1-10(2)12-5-6-16-15(7-12)18-14-8-13(9-14)17-11(3)4/h5-6,9,11-12,14,17,20H,7-8,10H2,1-4H3;12-16,18H,5-11H2,1-4H3;2*5-7,10-11,14,16,18H,8-9H2,1-4H3;12-17H,5-11H2,1-4H3;5-7,10-11,13-14,17H,8-9H2,1-4H3. The molecule has 674 valence electrons. The molecule has 6 N–H and O–H groups in total. The van der Waals surface area contributed by atoms with Gasteiger partial charge in [-0.2, -0.15) is 0 Å². The fraction of sp³-hybridized carbons (Fsp3) is 0.745. The second kappa shape index (κ2) is 50.5. The number of Topliss-reactive ketones (excluding diaryl/α,β-unsaturated/α-hetero) is 2. The third kappa shape index (κ3) is 38.3. The summed E-state index contributed by atoms with van der Waals surface area (Å²) < 4.78 is 81.9. The largest absolute Gasteiger partial charge is 0.490 e. The Kier molecular flexibility index (Phi) is 42.7. The molecule has 18 nitrogen and oxygen atoms in total. The number of aromatic nitrogens is 1. The maximum absolute atomic E-state index is 13.7. The first-order chi connectivity index (χ1) is 56.2. The van der Waals surface area contributed by atoms with Gasteiger partial charge in [-0.1, -0.05) is 166 Å². The number of hydrogen-bond donors (Lipinski definition) is 6. The zero-order valence-corrected chi connectivity index (χ0v) is 77.9. The van der Waals surface area contributed by atoms with E-state index in [2.05, 4.69) is 197 Å². The van der Waals surface area contributed by atoms with E-state index in [1.165, 1.54) is 75.1 Å². The molecule has 0 unspecified atom stereocenters. The van der Waals surface area contributed by atoms with Gasteiger partial charge in [-0.3, -0.25) is 14.5 Å². The minimum atomic E-state index is -0.425. The van der Waals surface area contributed by atoms with Crippen LogP contribution in [-0.4, -0.2) is 194 Å². The van der Waals surface area contributed by atoms with Crippen molar-refractivity contribution in [1.82, 2.24) is 46.7 Å². The second-order valence-electron chi connectivity index (χ2n) is 39.3. The maximum Gasteiger partial charge on any atom is 0.213 e. The molecular weight excluding hydrogens is 1500 g/mol. The fourth-order valence-electron chi connectivity index (χ4n) is 16.1. The molecule has 4 aromatic rings. The van der Waals surface area contributed by atoms with E-state index in [1.807, 2.05) is 46.0 Å². The monoisotopic (exact) mass is 1670 g/mol. The van der Waals surface area contributed by atoms with Gasteiger partial charge in [0, 0.05) is 160 Å². The predicted octanol–water partition coefficient (Wildman–Crippen LogP) is 19.0. The SMILES string of the molecule is CC(C)CN1CCC(OC2CC(NC(C)C)C2)CC1.CC(C)NC1CC(OC2CCN(CC(=O)C(C)C)CC2)C1.CC(C)NC1CC(Oc2cc(C(C)C)ccn2)C1.CC(C)NC1CC(Oc2cc(F)cc(C(C)C)c2)C1.CC(C)NC1CC(Oc2cc(F)cc(C(C)C)c2)C1.CC(C)NC1CC(Oc2cc(F)cc(OCC(=O)C(C)C)c2)C1. The number of rotatable bonds is 36. The molecular formula is C98H162F3N9O9. The van der Waals surface area contributed by atoms with Crippen molar-refractivity contribution in [2.75, 3.05) is 45.9 Å². The molecule has 0 radical (unpaired) electrons. The topological polar surface area (TPSA) is 190 Å². The highest BCUT2D eigenvalue weighted by molar-refractivity contribution is 5.82. The van der Waals surface area contributed by atoms with Crippen LogP contribution in [0.4, 0.5) is 13.2 Å². The molecule has 119 heavy (non-hydrogen) atoms. The van der Waals surface area contributed by atoms with Crippen molar-refractivity contribution in [3.63, 3.8) is 0 Å². The van der Waals surface area contributed by atoms with E-state index in [-0.39, 0.29) is 54.2 Å². The van der Waals surface area contributed by atoms with Crippen molar-refractivity contribution < 1.29 is 55.9 Å². The highest BCUT2D eigenvalue weighted by Gasteiger charge is 2.38. The van der Waals surface area contributed by atoms with Gasteiger partial charge in [0.25, 0.3) is 0 Å². The summed E-state index contributed by atoms with van der Waals surface area (Å²) in [6.07, 6.45) is 22.0. The number of ketones is 2. The molecule has 8 aliphatic rings. The Hall–Kier alpha value is -5.46. The molecule has 8 fully saturated rings. The summed E-state index contributed by atoms with van der Waals surface area (Å²) >= 11 is 0. The predicted molar refractivity (Wildman–Crippen MR) is 480 cm³/mol. The van der Waals surface area contributed by atoms with Crippen LogP contribution >= 0.6 is 0 Å². The molecule has 12 rings (SSSR count). The van der Waals surface area contributed by atoms with Crippen molar-refractivity contribution in [2.45, 2.75) is 408 Å². The number of likely N-dealkylation sites (tertiary alicyclic amines) is 2. The first-order valence-electron chi connectivity index (χ1n) is 46.3. The number of carbonyl (C=O) groups is 2. The number of hydrogen-bond acceptors (Lipinski definition) is 18. The van der Waals surface area contributed by atoms with Gasteiger partial charge in [0.15, 0.2) is 5.78 Å². The Morgan fingerprint density at radius 2 is 0.672 bits per heavy atom. The van der Waals surface area contributed by atoms with Gasteiger partial charge in [-0.25, -0.2) is 18.2 Å². The number of halogens is 3. The van der Waals surface area contributed by atoms with E-state index in [9.17, 15) is 22.8 Å². The number of carbonyl (C=O) groups excluding carboxylic acids is 2. The van der Waals surface area contributed by atoms with Crippen LogP contribution in [0.25, 0.3) is 0 Å². The second-order valence-corrected chi connectivity index (χ2v) is 39.3. The van der Waals surface area contributed by atoms with Gasteiger partial charge < -0.3 is 70.0 Å². The lowest BCUT2D eigenvalue weighted by atomic mass is 9.88. The first-order valence-corrected chi connectivity index (χ1v) is 46.3. The van der Waals surface area contributed by atoms with Gasteiger partial charge in [-0.15, -0.1) is 0 Å². The van der Waals surface area contributed by atoms with Gasteiger partial charge in [0.05, 0.1) is 31.0 Å². The van der Waals surface area contributed by atoms with Crippen molar-refractivity contribution in [2.24, 2.45) is 17.8 Å². The molecule has 3 aromatic carbocycles. The zero-order valence-electron chi connectivity index (χ0n) is 77.9. The minimum absolute atomic E-state index is 0.0154. The lowest BCUT2D eigenvalue weighted by Gasteiger charge is -2.41. The molecule has 6 aliphatic carbocycles. The summed E-state index contributed by atoms with van der Waals surface area (Å²) in [5, 5.41) is 21.1. The number of pyridine rings is 1. The molecule has 21 heteroatoms. The molecule has 3 heterocycles. The van der Waals surface area contributed by atoms with Gasteiger partial charge in [0.2, 0.25) is 5.88 Å². The number of piperidine rings is 2. The molecule has 2 aliphatic heterocycles. The van der Waals surface area contributed by atoms with Crippen LogP contribution in [0.3, 0.4) is 0 Å². The third-order valence-corrected chi connectivity index (χ3v) is 23.1. The number of nitrogens with zero attached hydrogens (tertiary/aromatic N) is 3. The maximum atomic E-state index is 13.7. The van der Waals surface area contributed by atoms with Crippen molar-refractivity contribution in [3.8, 4) is 28.9 Å². The summed E-state index contributed by atoms with van der Waals surface area (Å²) in [6.45, 7) is 57.1. The van der Waals surface area contributed by atoms with E-state index in [4.69, 9.17) is 33.2 Å². The normalized spacial score (nSPS) is 24.5. The molecule has 1 aromatic heterocycles. The van der Waals surface area contributed by atoms with E-state index in [1.54, 1.807) is 18.2 Å². The quantitative estimate of drug-likeness (QED) is 0.0252. The first kappa shape index (κ1) is 101. The molecule has 0 bridgehead atoms. The van der Waals surface area contributed by atoms with Crippen molar-refractivity contribution >= 4 is 11.6 Å². The van der Waals surface area contributed by atoms with E-state index in [0.29, 0.717) is 156 Å². The lowest BCUT2D eigenvalue weighted by molar-refractivity contribution is -0.125.